The summed E-state index contributed by atoms with van der Waals surface area (Å²) in [5.74, 6) is -0.218. The smallest absolute Gasteiger partial charge is 0.124 e. The normalized spacial score (nSPS) is 16.8. The van der Waals surface area contributed by atoms with Crippen molar-refractivity contribution in [2.45, 2.75) is 6.04 Å². The molecule has 0 unspecified atom stereocenters. The van der Waals surface area contributed by atoms with Crippen LogP contribution < -0.4 is 10.6 Å². The molecule has 0 spiro atoms. The number of hydrogen-bond donors (Lipinski definition) is 2. The highest BCUT2D eigenvalue weighted by Crippen LogP contribution is 2.24. The summed E-state index contributed by atoms with van der Waals surface area (Å²) in [5, 5.41) is 6.46. The Bertz CT molecular complexity index is 312. The summed E-state index contributed by atoms with van der Waals surface area (Å²) >= 11 is 3.31. The van der Waals surface area contributed by atoms with Crippen LogP contribution >= 0.6 is 15.9 Å². The number of halogens is 2. The maximum absolute atomic E-state index is 12.7. The molecule has 2 rings (SSSR count). The lowest BCUT2D eigenvalue weighted by Gasteiger charge is -2.29. The van der Waals surface area contributed by atoms with Gasteiger partial charge in [-0.3, -0.25) is 0 Å². The van der Waals surface area contributed by atoms with E-state index in [4.69, 9.17) is 0 Å². The molecule has 1 aromatic rings. The molecule has 1 saturated heterocycles. The van der Waals surface area contributed by atoms with Crippen molar-refractivity contribution in [3.05, 3.63) is 28.5 Å². The minimum absolute atomic E-state index is 0.218. The third-order valence-corrected chi connectivity index (χ3v) is 2.73. The standard InChI is InChI=1S/C9H10BrFN2/c10-8-3-6(11)1-2-9(8)13-7-4-12-5-7/h1-3,7,12-13H,4-5H2. The average molecular weight is 245 g/mol. The van der Waals surface area contributed by atoms with E-state index < -0.39 is 0 Å². The summed E-state index contributed by atoms with van der Waals surface area (Å²) in [6, 6.07) is 5.15. The molecule has 1 aliphatic heterocycles. The zero-order valence-corrected chi connectivity index (χ0v) is 8.57. The summed E-state index contributed by atoms with van der Waals surface area (Å²) in [6.07, 6.45) is 0. The van der Waals surface area contributed by atoms with Gasteiger partial charge in [0, 0.05) is 23.2 Å². The summed E-state index contributed by atoms with van der Waals surface area (Å²) in [4.78, 5) is 0. The minimum atomic E-state index is -0.218. The molecule has 0 bridgehead atoms. The fraction of sp³-hybridized carbons (Fsp3) is 0.333. The molecule has 2 nitrogen and oxygen atoms in total. The van der Waals surface area contributed by atoms with Crippen molar-refractivity contribution < 1.29 is 4.39 Å². The van der Waals surface area contributed by atoms with Crippen molar-refractivity contribution >= 4 is 21.6 Å². The van der Waals surface area contributed by atoms with Crippen LogP contribution in [0.5, 0.6) is 0 Å². The molecule has 1 heterocycles. The maximum atomic E-state index is 12.7. The molecule has 0 saturated carbocycles. The van der Waals surface area contributed by atoms with Crippen molar-refractivity contribution in [2.75, 3.05) is 18.4 Å². The van der Waals surface area contributed by atoms with E-state index in [1.54, 1.807) is 6.07 Å². The molecule has 2 N–H and O–H groups in total. The lowest BCUT2D eigenvalue weighted by molar-refractivity contribution is 0.472. The highest BCUT2D eigenvalue weighted by atomic mass is 79.9. The highest BCUT2D eigenvalue weighted by Gasteiger charge is 2.16. The van der Waals surface area contributed by atoms with Gasteiger partial charge >= 0.3 is 0 Å². The van der Waals surface area contributed by atoms with E-state index in [-0.39, 0.29) is 5.82 Å². The highest BCUT2D eigenvalue weighted by molar-refractivity contribution is 9.10. The van der Waals surface area contributed by atoms with E-state index >= 15 is 0 Å². The monoisotopic (exact) mass is 244 g/mol. The SMILES string of the molecule is Fc1ccc(NC2CNC2)c(Br)c1. The molecule has 1 fully saturated rings. The largest absolute Gasteiger partial charge is 0.379 e. The van der Waals surface area contributed by atoms with Crippen LogP contribution in [-0.4, -0.2) is 19.1 Å². The van der Waals surface area contributed by atoms with Gasteiger partial charge in [-0.1, -0.05) is 0 Å². The Kier molecular flexibility index (Phi) is 2.51. The van der Waals surface area contributed by atoms with Crippen LogP contribution in [0.3, 0.4) is 0 Å². The van der Waals surface area contributed by atoms with E-state index in [9.17, 15) is 4.39 Å². The predicted molar refractivity (Wildman–Crippen MR) is 54.4 cm³/mol. The van der Waals surface area contributed by atoms with Crippen LogP contribution in [0.25, 0.3) is 0 Å². The van der Waals surface area contributed by atoms with Gasteiger partial charge in [0.25, 0.3) is 0 Å². The first kappa shape index (κ1) is 8.97. The fourth-order valence-electron chi connectivity index (χ4n) is 1.22. The molecule has 0 atom stereocenters. The van der Waals surface area contributed by atoms with Crippen LogP contribution in [0.4, 0.5) is 10.1 Å². The second kappa shape index (κ2) is 3.64. The van der Waals surface area contributed by atoms with Gasteiger partial charge in [0.15, 0.2) is 0 Å². The first-order valence-electron chi connectivity index (χ1n) is 4.18. The zero-order valence-electron chi connectivity index (χ0n) is 6.98. The Morgan fingerprint density at radius 1 is 1.46 bits per heavy atom. The van der Waals surface area contributed by atoms with Gasteiger partial charge < -0.3 is 10.6 Å². The Labute approximate surface area is 84.7 Å². The average Bonchev–Trinajstić information content (AvgIpc) is 1.99. The third-order valence-electron chi connectivity index (χ3n) is 2.07. The minimum Gasteiger partial charge on any atom is -0.379 e. The van der Waals surface area contributed by atoms with Crippen molar-refractivity contribution in [2.24, 2.45) is 0 Å². The van der Waals surface area contributed by atoms with Crippen LogP contribution in [0.2, 0.25) is 0 Å². The first-order valence-corrected chi connectivity index (χ1v) is 4.97. The zero-order chi connectivity index (χ0) is 9.26. The van der Waals surface area contributed by atoms with Crippen LogP contribution in [-0.2, 0) is 0 Å². The van der Waals surface area contributed by atoms with Crippen LogP contribution in [0.15, 0.2) is 22.7 Å². The molecule has 4 heteroatoms. The van der Waals surface area contributed by atoms with Gasteiger partial charge in [-0.2, -0.15) is 0 Å². The Morgan fingerprint density at radius 2 is 2.23 bits per heavy atom. The molecule has 13 heavy (non-hydrogen) atoms. The van der Waals surface area contributed by atoms with Crippen molar-refractivity contribution in [3.8, 4) is 0 Å². The molecule has 70 valence electrons. The fourth-order valence-corrected chi connectivity index (χ4v) is 1.68. The third kappa shape index (κ3) is 2.00. The van der Waals surface area contributed by atoms with Crippen LogP contribution in [0.1, 0.15) is 0 Å². The number of nitrogens with one attached hydrogen (secondary N) is 2. The van der Waals surface area contributed by atoms with Gasteiger partial charge in [0.2, 0.25) is 0 Å². The molecular formula is C9H10BrFN2. The Morgan fingerprint density at radius 3 is 2.77 bits per heavy atom. The van der Waals surface area contributed by atoms with E-state index in [0.717, 1.165) is 23.2 Å². The van der Waals surface area contributed by atoms with Gasteiger partial charge in [0.1, 0.15) is 5.82 Å². The number of rotatable bonds is 2. The molecule has 0 aromatic heterocycles. The molecule has 0 amide bonds. The summed E-state index contributed by atoms with van der Waals surface area (Å²) < 4.78 is 13.5. The number of benzene rings is 1. The lowest BCUT2D eigenvalue weighted by Crippen LogP contribution is -2.51. The summed E-state index contributed by atoms with van der Waals surface area (Å²) in [7, 11) is 0. The lowest BCUT2D eigenvalue weighted by atomic mass is 10.1. The van der Waals surface area contributed by atoms with Gasteiger partial charge in [-0.25, -0.2) is 4.39 Å². The van der Waals surface area contributed by atoms with Crippen molar-refractivity contribution in [3.63, 3.8) is 0 Å². The topological polar surface area (TPSA) is 24.1 Å². The second-order valence-electron chi connectivity index (χ2n) is 3.12. The summed E-state index contributed by atoms with van der Waals surface area (Å²) in [5.41, 5.74) is 0.952. The van der Waals surface area contributed by atoms with Crippen LogP contribution in [0, 0.1) is 5.82 Å². The van der Waals surface area contributed by atoms with E-state index in [0.29, 0.717) is 6.04 Å². The first-order chi connectivity index (χ1) is 6.25. The number of hydrogen-bond acceptors (Lipinski definition) is 2. The number of anilines is 1. The molecule has 0 aliphatic carbocycles. The molecule has 1 aliphatic rings. The molecule has 1 aromatic carbocycles. The summed E-state index contributed by atoms with van der Waals surface area (Å²) in [6.45, 7) is 1.95. The van der Waals surface area contributed by atoms with E-state index in [2.05, 4.69) is 26.6 Å². The van der Waals surface area contributed by atoms with Crippen molar-refractivity contribution in [1.82, 2.24) is 5.32 Å². The van der Waals surface area contributed by atoms with Gasteiger partial charge in [-0.05, 0) is 34.1 Å². The Balaban J connectivity index is 2.10. The predicted octanol–water partition coefficient (Wildman–Crippen LogP) is 1.97. The van der Waals surface area contributed by atoms with E-state index in [1.165, 1.54) is 12.1 Å². The second-order valence-corrected chi connectivity index (χ2v) is 3.98. The van der Waals surface area contributed by atoms with E-state index in [1.807, 2.05) is 0 Å². The Hall–Kier alpha value is -0.610. The quantitative estimate of drug-likeness (QED) is 0.832. The molecule has 0 radical (unpaired) electrons. The molecular weight excluding hydrogens is 235 g/mol. The van der Waals surface area contributed by atoms with Crippen molar-refractivity contribution in [1.29, 1.82) is 0 Å². The van der Waals surface area contributed by atoms with Gasteiger partial charge in [0.05, 0.1) is 6.04 Å². The maximum Gasteiger partial charge on any atom is 0.124 e. The van der Waals surface area contributed by atoms with Gasteiger partial charge in [-0.15, -0.1) is 0 Å².